The highest BCUT2D eigenvalue weighted by molar-refractivity contribution is 5.65. The summed E-state index contributed by atoms with van der Waals surface area (Å²) in [5.41, 5.74) is 5.38. The summed E-state index contributed by atoms with van der Waals surface area (Å²) in [6, 6.07) is 16.6. The van der Waals surface area contributed by atoms with Gasteiger partial charge in [-0.3, -0.25) is 0 Å². The Bertz CT molecular complexity index is 1010. The maximum Gasteiger partial charge on any atom is 0.113 e. The van der Waals surface area contributed by atoms with Gasteiger partial charge in [0.25, 0.3) is 0 Å². The first-order chi connectivity index (χ1) is 14.8. The van der Waals surface area contributed by atoms with Crippen molar-refractivity contribution in [1.82, 2.24) is 20.3 Å². The molecule has 1 atom stereocenters. The highest BCUT2D eigenvalue weighted by Crippen LogP contribution is 2.23. The van der Waals surface area contributed by atoms with Crippen LogP contribution in [0, 0.1) is 18.8 Å². The Morgan fingerprint density at radius 2 is 2.07 bits per heavy atom. The van der Waals surface area contributed by atoms with E-state index in [1.165, 1.54) is 17.5 Å². The molecule has 1 fully saturated rings. The van der Waals surface area contributed by atoms with Gasteiger partial charge in [-0.15, -0.1) is 5.10 Å². The molecule has 0 spiro atoms. The summed E-state index contributed by atoms with van der Waals surface area (Å²) in [5, 5.41) is 12.1. The van der Waals surface area contributed by atoms with E-state index in [4.69, 9.17) is 4.74 Å². The predicted molar refractivity (Wildman–Crippen MR) is 119 cm³/mol. The fourth-order valence-electron chi connectivity index (χ4n) is 3.66. The molecule has 0 radical (unpaired) electrons. The molecular weight excluding hydrogens is 372 g/mol. The standard InChI is InChI=1S/C25H28N4O/c1-20-12-13-21(10-7-14-26-17-22-8-3-2-4-9-22)16-24(20)25-19-29(28-27-25)18-23-11-5-6-15-30-23/h2-4,8-9,12-13,16,19,23,26H,5-6,11,14-15,17-18H2,1H3. The van der Waals surface area contributed by atoms with E-state index >= 15 is 0 Å². The summed E-state index contributed by atoms with van der Waals surface area (Å²) in [4.78, 5) is 0. The molecule has 5 nitrogen and oxygen atoms in total. The van der Waals surface area contributed by atoms with E-state index in [9.17, 15) is 0 Å². The van der Waals surface area contributed by atoms with Gasteiger partial charge < -0.3 is 10.1 Å². The third-order valence-electron chi connectivity index (χ3n) is 5.33. The number of hydrogen-bond donors (Lipinski definition) is 1. The second kappa shape index (κ2) is 10.2. The molecular formula is C25H28N4O. The Labute approximate surface area is 178 Å². The highest BCUT2D eigenvalue weighted by atomic mass is 16.5. The van der Waals surface area contributed by atoms with Crippen LogP contribution in [0.3, 0.4) is 0 Å². The number of ether oxygens (including phenoxy) is 1. The maximum atomic E-state index is 5.82. The van der Waals surface area contributed by atoms with Gasteiger partial charge in [-0.25, -0.2) is 4.68 Å². The summed E-state index contributed by atoms with van der Waals surface area (Å²) in [6.45, 7) is 5.18. The van der Waals surface area contributed by atoms with Crippen molar-refractivity contribution < 1.29 is 4.74 Å². The van der Waals surface area contributed by atoms with Crippen LogP contribution in [0.2, 0.25) is 0 Å². The number of benzene rings is 2. The average Bonchev–Trinajstić information content (AvgIpc) is 3.24. The molecule has 1 unspecified atom stereocenters. The van der Waals surface area contributed by atoms with Crippen molar-refractivity contribution in [1.29, 1.82) is 0 Å². The Balaban J connectivity index is 1.37. The van der Waals surface area contributed by atoms with Gasteiger partial charge in [0, 0.05) is 24.3 Å². The SMILES string of the molecule is Cc1ccc(C#CCNCc2ccccc2)cc1-c1cn(CC2CCCCO2)nn1. The van der Waals surface area contributed by atoms with E-state index in [-0.39, 0.29) is 6.10 Å². The van der Waals surface area contributed by atoms with Gasteiger partial charge in [-0.2, -0.15) is 0 Å². The van der Waals surface area contributed by atoms with E-state index in [2.05, 4.69) is 76.9 Å². The van der Waals surface area contributed by atoms with Crippen LogP contribution in [-0.2, 0) is 17.8 Å². The van der Waals surface area contributed by atoms with Crippen LogP contribution in [0.25, 0.3) is 11.3 Å². The highest BCUT2D eigenvalue weighted by Gasteiger charge is 2.16. The molecule has 1 aliphatic rings. The minimum atomic E-state index is 0.245. The van der Waals surface area contributed by atoms with Crippen molar-refractivity contribution in [2.75, 3.05) is 13.2 Å². The molecule has 3 aromatic rings. The van der Waals surface area contributed by atoms with Crippen LogP contribution in [0.1, 0.15) is 36.0 Å². The maximum absolute atomic E-state index is 5.82. The Hall–Kier alpha value is -2.94. The zero-order valence-corrected chi connectivity index (χ0v) is 17.5. The Morgan fingerprint density at radius 3 is 2.90 bits per heavy atom. The smallest absolute Gasteiger partial charge is 0.113 e. The summed E-state index contributed by atoms with van der Waals surface area (Å²) < 4.78 is 7.72. The normalized spacial score (nSPS) is 16.1. The number of aromatic nitrogens is 3. The van der Waals surface area contributed by atoms with Gasteiger partial charge >= 0.3 is 0 Å². The third kappa shape index (κ3) is 5.56. The average molecular weight is 401 g/mol. The van der Waals surface area contributed by atoms with Crippen LogP contribution in [0.15, 0.2) is 54.7 Å². The Kier molecular flexibility index (Phi) is 6.91. The quantitative estimate of drug-likeness (QED) is 0.503. The first-order valence-corrected chi connectivity index (χ1v) is 10.6. The first-order valence-electron chi connectivity index (χ1n) is 10.6. The Morgan fingerprint density at radius 1 is 1.17 bits per heavy atom. The summed E-state index contributed by atoms with van der Waals surface area (Å²) in [5.74, 6) is 6.46. The van der Waals surface area contributed by atoms with E-state index < -0.39 is 0 Å². The second-order valence-corrected chi connectivity index (χ2v) is 7.74. The van der Waals surface area contributed by atoms with E-state index in [1.54, 1.807) is 0 Å². The molecule has 2 aromatic carbocycles. The van der Waals surface area contributed by atoms with Gasteiger partial charge in [0.1, 0.15) is 5.69 Å². The fraction of sp³-hybridized carbons (Fsp3) is 0.360. The lowest BCUT2D eigenvalue weighted by molar-refractivity contribution is 0.00370. The van der Waals surface area contributed by atoms with Crippen molar-refractivity contribution in [3.8, 4) is 23.1 Å². The van der Waals surface area contributed by atoms with Crippen molar-refractivity contribution in [3.63, 3.8) is 0 Å². The van der Waals surface area contributed by atoms with Gasteiger partial charge in [0.15, 0.2) is 0 Å². The number of rotatable bonds is 6. The monoisotopic (exact) mass is 400 g/mol. The van der Waals surface area contributed by atoms with Gasteiger partial charge in [-0.05, 0) is 49.4 Å². The van der Waals surface area contributed by atoms with Gasteiger partial charge in [-0.1, -0.05) is 53.5 Å². The third-order valence-corrected chi connectivity index (χ3v) is 5.33. The molecule has 0 saturated carbocycles. The van der Waals surface area contributed by atoms with Crippen molar-refractivity contribution in [3.05, 3.63) is 71.4 Å². The fourth-order valence-corrected chi connectivity index (χ4v) is 3.66. The molecule has 1 aliphatic heterocycles. The molecule has 2 heterocycles. The molecule has 1 aromatic heterocycles. The van der Waals surface area contributed by atoms with Crippen molar-refractivity contribution >= 4 is 0 Å². The lowest BCUT2D eigenvalue weighted by atomic mass is 10.0. The molecule has 1 N–H and O–H groups in total. The van der Waals surface area contributed by atoms with Crippen molar-refractivity contribution in [2.45, 2.75) is 45.4 Å². The molecule has 154 valence electrons. The number of aryl methyl sites for hydroxylation is 1. The number of nitrogens with one attached hydrogen (secondary N) is 1. The van der Waals surface area contributed by atoms with Crippen LogP contribution in [-0.4, -0.2) is 34.2 Å². The zero-order chi connectivity index (χ0) is 20.6. The minimum Gasteiger partial charge on any atom is -0.376 e. The van der Waals surface area contributed by atoms with Crippen LogP contribution < -0.4 is 5.32 Å². The lowest BCUT2D eigenvalue weighted by Gasteiger charge is -2.21. The lowest BCUT2D eigenvalue weighted by Crippen LogP contribution is -2.24. The molecule has 4 rings (SSSR count). The van der Waals surface area contributed by atoms with Crippen LogP contribution in [0.5, 0.6) is 0 Å². The van der Waals surface area contributed by atoms with E-state index in [0.29, 0.717) is 6.54 Å². The van der Waals surface area contributed by atoms with Crippen molar-refractivity contribution in [2.24, 2.45) is 0 Å². The van der Waals surface area contributed by atoms with Crippen LogP contribution >= 0.6 is 0 Å². The van der Waals surface area contributed by atoms with Crippen LogP contribution in [0.4, 0.5) is 0 Å². The summed E-state index contributed by atoms with van der Waals surface area (Å²) in [7, 11) is 0. The zero-order valence-electron chi connectivity index (χ0n) is 17.5. The summed E-state index contributed by atoms with van der Waals surface area (Å²) in [6.07, 6.45) is 5.74. The molecule has 30 heavy (non-hydrogen) atoms. The molecule has 0 aliphatic carbocycles. The molecule has 5 heteroatoms. The summed E-state index contributed by atoms with van der Waals surface area (Å²) >= 11 is 0. The molecule has 1 saturated heterocycles. The van der Waals surface area contributed by atoms with E-state index in [0.717, 1.165) is 49.4 Å². The predicted octanol–water partition coefficient (Wildman–Crippen LogP) is 3.96. The topological polar surface area (TPSA) is 52.0 Å². The molecule has 0 bridgehead atoms. The largest absolute Gasteiger partial charge is 0.376 e. The second-order valence-electron chi connectivity index (χ2n) is 7.74. The number of hydrogen-bond acceptors (Lipinski definition) is 4. The molecule has 0 amide bonds. The van der Waals surface area contributed by atoms with E-state index in [1.807, 2.05) is 16.9 Å². The van der Waals surface area contributed by atoms with Gasteiger partial charge in [0.05, 0.1) is 25.4 Å². The van der Waals surface area contributed by atoms with Gasteiger partial charge in [0.2, 0.25) is 0 Å². The first kappa shape index (κ1) is 20.3. The minimum absolute atomic E-state index is 0.245. The number of nitrogens with zero attached hydrogens (tertiary/aromatic N) is 3.